The summed E-state index contributed by atoms with van der Waals surface area (Å²) in [7, 11) is -3.68. The standard InChI is InChI=1S/C19H25NO5S/c1-4-6-13-20-17(16(10-5-2)25-26(3,22)23)18(19(20)21)24-14-15-11-8-7-9-12-15/h4-5,7-9,11-12,16-18H,1-2,6,10,13-14H2,3H3/t16?,17?,18-/m1/s1. The zero-order chi connectivity index (χ0) is 19.2. The largest absolute Gasteiger partial charge is 0.361 e. The molecule has 1 saturated heterocycles. The predicted molar refractivity (Wildman–Crippen MR) is 99.9 cm³/mol. The van der Waals surface area contributed by atoms with Crippen LogP contribution in [0.4, 0.5) is 0 Å². The average molecular weight is 379 g/mol. The van der Waals surface area contributed by atoms with E-state index in [1.165, 1.54) is 0 Å². The van der Waals surface area contributed by atoms with Gasteiger partial charge in [0.2, 0.25) is 0 Å². The molecule has 0 radical (unpaired) electrons. The molecular weight excluding hydrogens is 354 g/mol. The van der Waals surface area contributed by atoms with Crippen molar-refractivity contribution < 1.29 is 22.1 Å². The molecule has 142 valence electrons. The van der Waals surface area contributed by atoms with Crippen LogP contribution in [0.1, 0.15) is 18.4 Å². The van der Waals surface area contributed by atoms with Gasteiger partial charge in [-0.15, -0.1) is 13.2 Å². The zero-order valence-corrected chi connectivity index (χ0v) is 15.7. The van der Waals surface area contributed by atoms with Gasteiger partial charge in [-0.3, -0.25) is 8.98 Å². The van der Waals surface area contributed by atoms with Gasteiger partial charge in [-0.25, -0.2) is 0 Å². The lowest BCUT2D eigenvalue weighted by molar-refractivity contribution is -0.184. The van der Waals surface area contributed by atoms with E-state index in [1.54, 1.807) is 17.1 Å². The Labute approximate surface area is 155 Å². The third-order valence-electron chi connectivity index (χ3n) is 4.12. The van der Waals surface area contributed by atoms with Crippen LogP contribution in [0.3, 0.4) is 0 Å². The summed E-state index contributed by atoms with van der Waals surface area (Å²) in [4.78, 5) is 14.1. The number of nitrogens with zero attached hydrogens (tertiary/aromatic N) is 1. The van der Waals surface area contributed by atoms with E-state index in [0.29, 0.717) is 19.4 Å². The topological polar surface area (TPSA) is 72.9 Å². The summed E-state index contributed by atoms with van der Waals surface area (Å²) in [5.74, 6) is -0.168. The molecule has 1 aliphatic heterocycles. The van der Waals surface area contributed by atoms with Crippen LogP contribution in [0.5, 0.6) is 0 Å². The Morgan fingerprint density at radius 2 is 1.92 bits per heavy atom. The summed E-state index contributed by atoms with van der Waals surface area (Å²) in [6.07, 6.45) is 3.71. The molecule has 2 unspecified atom stereocenters. The van der Waals surface area contributed by atoms with Crippen LogP contribution < -0.4 is 0 Å². The molecule has 0 bridgehead atoms. The van der Waals surface area contributed by atoms with Gasteiger partial charge in [0.15, 0.2) is 6.10 Å². The van der Waals surface area contributed by atoms with E-state index in [2.05, 4.69) is 13.2 Å². The number of rotatable bonds is 11. The molecule has 7 heteroatoms. The summed E-state index contributed by atoms with van der Waals surface area (Å²) < 4.78 is 34.3. The molecule has 0 spiro atoms. The predicted octanol–water partition coefficient (Wildman–Crippen LogP) is 2.28. The molecule has 1 amide bonds. The second kappa shape index (κ2) is 9.12. The van der Waals surface area contributed by atoms with Crippen LogP contribution in [0.15, 0.2) is 55.6 Å². The first kappa shape index (κ1) is 20.4. The van der Waals surface area contributed by atoms with Crippen molar-refractivity contribution in [3.63, 3.8) is 0 Å². The molecule has 26 heavy (non-hydrogen) atoms. The summed E-state index contributed by atoms with van der Waals surface area (Å²) in [5, 5.41) is 0. The number of ether oxygens (including phenoxy) is 1. The monoisotopic (exact) mass is 379 g/mol. The molecular formula is C19H25NO5S. The van der Waals surface area contributed by atoms with Crippen LogP contribution in [0, 0.1) is 0 Å². The quantitative estimate of drug-likeness (QED) is 0.335. The van der Waals surface area contributed by atoms with Crippen LogP contribution >= 0.6 is 0 Å². The van der Waals surface area contributed by atoms with E-state index in [0.717, 1.165) is 11.8 Å². The van der Waals surface area contributed by atoms with Gasteiger partial charge in [-0.05, 0) is 18.4 Å². The van der Waals surface area contributed by atoms with Crippen molar-refractivity contribution in [3.05, 3.63) is 61.2 Å². The van der Waals surface area contributed by atoms with Crippen LogP contribution in [-0.2, 0) is 30.4 Å². The summed E-state index contributed by atoms with van der Waals surface area (Å²) >= 11 is 0. The fourth-order valence-electron chi connectivity index (χ4n) is 2.98. The minimum Gasteiger partial charge on any atom is -0.361 e. The van der Waals surface area contributed by atoms with Gasteiger partial charge < -0.3 is 9.64 Å². The Hall–Kier alpha value is -1.96. The molecule has 1 aliphatic rings. The van der Waals surface area contributed by atoms with E-state index in [-0.39, 0.29) is 12.5 Å². The van der Waals surface area contributed by atoms with Crippen molar-refractivity contribution in [2.75, 3.05) is 12.8 Å². The maximum absolute atomic E-state index is 12.5. The van der Waals surface area contributed by atoms with E-state index < -0.39 is 28.4 Å². The second-order valence-electron chi connectivity index (χ2n) is 6.18. The molecule has 6 nitrogen and oxygen atoms in total. The minimum atomic E-state index is -3.68. The lowest BCUT2D eigenvalue weighted by Gasteiger charge is -2.49. The number of carbonyl (C=O) groups is 1. The van der Waals surface area contributed by atoms with Gasteiger partial charge in [0.05, 0.1) is 18.9 Å². The van der Waals surface area contributed by atoms with E-state index in [4.69, 9.17) is 8.92 Å². The molecule has 2 rings (SSSR count). The first-order chi connectivity index (χ1) is 12.4. The third kappa shape index (κ3) is 5.27. The van der Waals surface area contributed by atoms with Crippen molar-refractivity contribution >= 4 is 16.0 Å². The normalized spacial score (nSPS) is 21.1. The van der Waals surface area contributed by atoms with Crippen molar-refractivity contribution in [2.24, 2.45) is 0 Å². The third-order valence-corrected chi connectivity index (χ3v) is 4.72. The van der Waals surface area contributed by atoms with Gasteiger partial charge >= 0.3 is 0 Å². The molecule has 1 heterocycles. The number of benzene rings is 1. The highest BCUT2D eigenvalue weighted by molar-refractivity contribution is 7.86. The molecule has 0 aliphatic carbocycles. The number of β-lactam (4-membered cyclic amide) rings is 1. The van der Waals surface area contributed by atoms with Crippen molar-refractivity contribution in [1.82, 2.24) is 4.90 Å². The Kier molecular flexibility index (Phi) is 7.14. The minimum absolute atomic E-state index is 0.168. The Morgan fingerprint density at radius 1 is 1.23 bits per heavy atom. The second-order valence-corrected chi connectivity index (χ2v) is 7.78. The van der Waals surface area contributed by atoms with Crippen molar-refractivity contribution in [1.29, 1.82) is 0 Å². The smallest absolute Gasteiger partial charge is 0.264 e. The summed E-state index contributed by atoms with van der Waals surface area (Å²) in [6, 6.07) is 9.01. The SMILES string of the molecule is C=CCCN1C(=O)[C@H](OCc2ccccc2)C1C(CC=C)OS(C)(=O)=O. The highest BCUT2D eigenvalue weighted by Gasteiger charge is 2.52. The van der Waals surface area contributed by atoms with Gasteiger partial charge in [0.25, 0.3) is 16.0 Å². The van der Waals surface area contributed by atoms with E-state index in [1.807, 2.05) is 30.3 Å². The fourth-order valence-corrected chi connectivity index (χ4v) is 3.62. The number of amides is 1. The molecule has 1 fully saturated rings. The molecule has 1 aromatic rings. The van der Waals surface area contributed by atoms with E-state index >= 15 is 0 Å². The highest BCUT2D eigenvalue weighted by atomic mass is 32.2. The molecule has 0 saturated carbocycles. The molecule has 0 aromatic heterocycles. The fraction of sp³-hybridized carbons (Fsp3) is 0.421. The number of hydrogen-bond donors (Lipinski definition) is 0. The lowest BCUT2D eigenvalue weighted by Crippen LogP contribution is -2.70. The van der Waals surface area contributed by atoms with Gasteiger partial charge in [-0.2, -0.15) is 8.42 Å². The Balaban J connectivity index is 2.16. The van der Waals surface area contributed by atoms with Gasteiger partial charge in [0, 0.05) is 6.54 Å². The maximum atomic E-state index is 12.5. The number of likely N-dealkylation sites (tertiary alicyclic amines) is 1. The van der Waals surface area contributed by atoms with E-state index in [9.17, 15) is 13.2 Å². The Morgan fingerprint density at radius 3 is 2.50 bits per heavy atom. The lowest BCUT2D eigenvalue weighted by atomic mass is 9.90. The molecule has 3 atom stereocenters. The highest BCUT2D eigenvalue weighted by Crippen LogP contribution is 2.31. The number of carbonyl (C=O) groups excluding carboxylic acids is 1. The maximum Gasteiger partial charge on any atom is 0.264 e. The van der Waals surface area contributed by atoms with Crippen molar-refractivity contribution in [3.8, 4) is 0 Å². The Bertz CT molecular complexity index is 732. The zero-order valence-electron chi connectivity index (χ0n) is 14.9. The van der Waals surface area contributed by atoms with Crippen molar-refractivity contribution in [2.45, 2.75) is 37.7 Å². The summed E-state index contributed by atoms with van der Waals surface area (Å²) in [6.45, 7) is 8.04. The number of hydrogen-bond acceptors (Lipinski definition) is 5. The van der Waals surface area contributed by atoms with Gasteiger partial charge in [-0.1, -0.05) is 42.5 Å². The van der Waals surface area contributed by atoms with Gasteiger partial charge in [0.1, 0.15) is 6.10 Å². The molecule has 0 N–H and O–H groups in total. The first-order valence-corrected chi connectivity index (χ1v) is 10.2. The summed E-state index contributed by atoms with van der Waals surface area (Å²) in [5.41, 5.74) is 0.938. The average Bonchev–Trinajstić information content (AvgIpc) is 2.59. The first-order valence-electron chi connectivity index (χ1n) is 8.43. The van der Waals surface area contributed by atoms with Crippen LogP contribution in [0.25, 0.3) is 0 Å². The van der Waals surface area contributed by atoms with Crippen LogP contribution in [-0.4, -0.2) is 50.3 Å². The van der Waals surface area contributed by atoms with Crippen LogP contribution in [0.2, 0.25) is 0 Å². The molecule has 1 aromatic carbocycles.